The average Bonchev–Trinajstić information content (AvgIpc) is 2.38. The molecule has 1 aliphatic carbocycles. The van der Waals surface area contributed by atoms with Crippen molar-refractivity contribution in [3.63, 3.8) is 0 Å². The van der Waals surface area contributed by atoms with E-state index in [0.717, 1.165) is 24.3 Å². The molecule has 2 rings (SSSR count). The Balaban J connectivity index is 2.01. The van der Waals surface area contributed by atoms with Gasteiger partial charge in [-0.05, 0) is 49.7 Å². The molecule has 106 valence electrons. The molecule has 2 N–H and O–H groups in total. The van der Waals surface area contributed by atoms with Gasteiger partial charge in [0.2, 0.25) is 0 Å². The molecule has 0 unspecified atom stereocenters. The van der Waals surface area contributed by atoms with Crippen LogP contribution in [0.25, 0.3) is 0 Å². The van der Waals surface area contributed by atoms with Crippen LogP contribution in [-0.4, -0.2) is 5.54 Å². The van der Waals surface area contributed by atoms with E-state index in [0.29, 0.717) is 6.42 Å². The number of halogens is 2. The second-order valence-corrected chi connectivity index (χ2v) is 6.36. The highest BCUT2D eigenvalue weighted by Gasteiger charge is 2.32. The fourth-order valence-corrected chi connectivity index (χ4v) is 3.38. The lowest BCUT2D eigenvalue weighted by Gasteiger charge is -2.37. The minimum atomic E-state index is -0.345. The molecule has 1 fully saturated rings. The molecule has 0 atom stereocenters. The van der Waals surface area contributed by atoms with Gasteiger partial charge in [0.25, 0.3) is 0 Å². The van der Waals surface area contributed by atoms with E-state index in [9.17, 15) is 4.39 Å². The van der Waals surface area contributed by atoms with Crippen LogP contribution in [0.4, 0.5) is 4.39 Å². The van der Waals surface area contributed by atoms with E-state index in [-0.39, 0.29) is 16.4 Å². The summed E-state index contributed by atoms with van der Waals surface area (Å²) < 4.78 is 13.4. The third-order valence-corrected chi connectivity index (χ3v) is 4.80. The molecule has 0 spiro atoms. The maximum Gasteiger partial charge on any atom is 0.142 e. The molecule has 3 heteroatoms. The highest BCUT2D eigenvalue weighted by molar-refractivity contribution is 6.31. The van der Waals surface area contributed by atoms with Crippen LogP contribution in [-0.2, 0) is 6.42 Å². The molecule has 0 amide bonds. The Morgan fingerprint density at radius 3 is 2.68 bits per heavy atom. The van der Waals surface area contributed by atoms with Crippen molar-refractivity contribution >= 4 is 11.6 Å². The van der Waals surface area contributed by atoms with Gasteiger partial charge in [-0.3, -0.25) is 0 Å². The second kappa shape index (κ2) is 6.23. The summed E-state index contributed by atoms with van der Waals surface area (Å²) in [5, 5.41) is 0.239. The van der Waals surface area contributed by atoms with E-state index < -0.39 is 0 Å². The van der Waals surface area contributed by atoms with Crippen LogP contribution < -0.4 is 5.73 Å². The highest BCUT2D eigenvalue weighted by atomic mass is 35.5. The monoisotopic (exact) mass is 283 g/mol. The van der Waals surface area contributed by atoms with Crippen molar-refractivity contribution in [3.05, 3.63) is 34.6 Å². The van der Waals surface area contributed by atoms with Crippen LogP contribution in [0.5, 0.6) is 0 Å². The smallest absolute Gasteiger partial charge is 0.142 e. The summed E-state index contributed by atoms with van der Waals surface area (Å²) >= 11 is 6.02. The highest BCUT2D eigenvalue weighted by Crippen LogP contribution is 2.36. The molecular weight excluding hydrogens is 261 g/mol. The summed E-state index contributed by atoms with van der Waals surface area (Å²) in [7, 11) is 0. The predicted molar refractivity (Wildman–Crippen MR) is 78.9 cm³/mol. The number of rotatable bonds is 4. The SMILES string of the molecule is CCCC1CCC(N)(Cc2cccc(F)c2Cl)CC1. The Bertz CT molecular complexity index is 425. The predicted octanol–water partition coefficient (Wildman–Crippen LogP) is 4.71. The third-order valence-electron chi connectivity index (χ3n) is 4.37. The summed E-state index contributed by atoms with van der Waals surface area (Å²) in [6.45, 7) is 2.23. The standard InChI is InChI=1S/C16H23ClFN/c1-2-4-12-7-9-16(19,10-8-12)11-13-5-3-6-14(18)15(13)17/h3,5-6,12H,2,4,7-11,19H2,1H3. The number of hydrogen-bond acceptors (Lipinski definition) is 1. The van der Waals surface area contributed by atoms with Crippen molar-refractivity contribution in [2.45, 2.75) is 57.4 Å². The van der Waals surface area contributed by atoms with Gasteiger partial charge in [0, 0.05) is 5.54 Å². The summed E-state index contributed by atoms with van der Waals surface area (Å²) in [5.41, 5.74) is 7.13. The van der Waals surface area contributed by atoms with E-state index in [1.165, 1.54) is 31.7 Å². The summed E-state index contributed by atoms with van der Waals surface area (Å²) in [6.07, 6.45) is 7.65. The Morgan fingerprint density at radius 2 is 2.05 bits per heavy atom. The van der Waals surface area contributed by atoms with Crippen LogP contribution in [0.15, 0.2) is 18.2 Å². The lowest BCUT2D eigenvalue weighted by molar-refractivity contribution is 0.223. The van der Waals surface area contributed by atoms with E-state index in [1.807, 2.05) is 6.07 Å². The van der Waals surface area contributed by atoms with Crippen LogP contribution in [0, 0.1) is 11.7 Å². The zero-order valence-corrected chi connectivity index (χ0v) is 12.3. The van der Waals surface area contributed by atoms with Crippen molar-refractivity contribution in [3.8, 4) is 0 Å². The first-order valence-electron chi connectivity index (χ1n) is 7.26. The first kappa shape index (κ1) is 14.8. The van der Waals surface area contributed by atoms with Gasteiger partial charge in [-0.1, -0.05) is 43.5 Å². The molecule has 0 heterocycles. The van der Waals surface area contributed by atoms with Gasteiger partial charge >= 0.3 is 0 Å². The molecule has 0 saturated heterocycles. The molecule has 0 aliphatic heterocycles. The second-order valence-electron chi connectivity index (χ2n) is 5.98. The lowest BCUT2D eigenvalue weighted by Crippen LogP contribution is -2.45. The van der Waals surface area contributed by atoms with Crippen LogP contribution in [0.1, 0.15) is 51.0 Å². The Morgan fingerprint density at radius 1 is 1.37 bits per heavy atom. The molecule has 1 nitrogen and oxygen atoms in total. The normalized spacial score (nSPS) is 27.5. The molecule has 1 saturated carbocycles. The summed E-state index contributed by atoms with van der Waals surface area (Å²) in [6, 6.07) is 4.99. The molecular formula is C16H23ClFN. The van der Waals surface area contributed by atoms with E-state index in [2.05, 4.69) is 6.92 Å². The minimum Gasteiger partial charge on any atom is -0.325 e. The van der Waals surface area contributed by atoms with Crippen molar-refractivity contribution in [1.82, 2.24) is 0 Å². The Hall–Kier alpha value is -0.600. The largest absolute Gasteiger partial charge is 0.325 e. The maximum atomic E-state index is 13.4. The van der Waals surface area contributed by atoms with E-state index >= 15 is 0 Å². The van der Waals surface area contributed by atoms with Crippen molar-refractivity contribution in [2.24, 2.45) is 11.7 Å². The molecule has 1 aromatic rings. The topological polar surface area (TPSA) is 26.0 Å². The van der Waals surface area contributed by atoms with Gasteiger partial charge < -0.3 is 5.73 Å². The van der Waals surface area contributed by atoms with Crippen molar-refractivity contribution < 1.29 is 4.39 Å². The first-order valence-corrected chi connectivity index (χ1v) is 7.63. The molecule has 1 aliphatic rings. The van der Waals surface area contributed by atoms with Gasteiger partial charge in [0.1, 0.15) is 5.82 Å². The Labute approximate surface area is 120 Å². The molecule has 1 aromatic carbocycles. The van der Waals surface area contributed by atoms with Gasteiger partial charge in [-0.25, -0.2) is 4.39 Å². The van der Waals surface area contributed by atoms with Crippen molar-refractivity contribution in [2.75, 3.05) is 0 Å². The first-order chi connectivity index (χ1) is 9.04. The van der Waals surface area contributed by atoms with E-state index in [4.69, 9.17) is 17.3 Å². The van der Waals surface area contributed by atoms with E-state index in [1.54, 1.807) is 6.07 Å². The third kappa shape index (κ3) is 3.70. The average molecular weight is 284 g/mol. The van der Waals surface area contributed by atoms with Gasteiger partial charge in [-0.2, -0.15) is 0 Å². The lowest BCUT2D eigenvalue weighted by atomic mass is 9.73. The quantitative estimate of drug-likeness (QED) is 0.851. The fourth-order valence-electron chi connectivity index (χ4n) is 3.19. The molecule has 19 heavy (non-hydrogen) atoms. The molecule has 0 radical (unpaired) electrons. The summed E-state index contributed by atoms with van der Waals surface area (Å²) in [5.74, 6) is 0.479. The zero-order valence-electron chi connectivity index (χ0n) is 11.6. The van der Waals surface area contributed by atoms with Crippen molar-refractivity contribution in [1.29, 1.82) is 0 Å². The summed E-state index contributed by atoms with van der Waals surface area (Å²) in [4.78, 5) is 0. The molecule has 0 aromatic heterocycles. The van der Waals surface area contributed by atoms with Crippen LogP contribution in [0.3, 0.4) is 0 Å². The number of nitrogens with two attached hydrogens (primary N) is 1. The molecule has 0 bridgehead atoms. The van der Waals surface area contributed by atoms with Crippen LogP contribution >= 0.6 is 11.6 Å². The minimum absolute atomic E-state index is 0.207. The van der Waals surface area contributed by atoms with Crippen LogP contribution in [0.2, 0.25) is 5.02 Å². The van der Waals surface area contributed by atoms with Gasteiger partial charge in [0.15, 0.2) is 0 Å². The number of benzene rings is 1. The maximum absolute atomic E-state index is 13.4. The van der Waals surface area contributed by atoms with Gasteiger partial charge in [-0.15, -0.1) is 0 Å². The Kier molecular flexibility index (Phi) is 4.86. The zero-order chi connectivity index (χ0) is 13.9. The number of hydrogen-bond donors (Lipinski definition) is 1. The fraction of sp³-hybridized carbons (Fsp3) is 0.625. The van der Waals surface area contributed by atoms with Gasteiger partial charge in [0.05, 0.1) is 5.02 Å².